The average Bonchev–Trinajstić information content (AvgIpc) is 3.18. The molecule has 2 aromatic heterocycles. The first-order valence-corrected chi connectivity index (χ1v) is 10.8. The smallest absolute Gasteiger partial charge is 0.209 e. The monoisotopic (exact) mass is 426 g/mol. The van der Waals surface area contributed by atoms with Crippen molar-refractivity contribution in [3.8, 4) is 22.8 Å². The van der Waals surface area contributed by atoms with Crippen LogP contribution in [0.4, 0.5) is 0 Å². The molecular weight excluding hydrogens is 412 g/mol. The summed E-state index contributed by atoms with van der Waals surface area (Å²) in [5, 5.41) is 9.34. The second kappa shape index (κ2) is 7.31. The summed E-state index contributed by atoms with van der Waals surface area (Å²) < 4.78 is 26.4. The van der Waals surface area contributed by atoms with E-state index in [4.69, 9.17) is 11.6 Å². The maximum atomic E-state index is 12.5. The van der Waals surface area contributed by atoms with Gasteiger partial charge in [0.05, 0.1) is 28.2 Å². The van der Waals surface area contributed by atoms with E-state index < -0.39 is 9.84 Å². The number of rotatable bonds is 4. The highest BCUT2D eigenvalue weighted by Crippen LogP contribution is 2.20. The van der Waals surface area contributed by atoms with Crippen molar-refractivity contribution >= 4 is 21.4 Å². The summed E-state index contributed by atoms with van der Waals surface area (Å²) in [5.41, 5.74) is 1.84. The first kappa shape index (κ1) is 19.1. The lowest BCUT2D eigenvalue weighted by Gasteiger charge is -2.10. The molecule has 2 aromatic carbocycles. The van der Waals surface area contributed by atoms with E-state index in [0.29, 0.717) is 16.4 Å². The van der Waals surface area contributed by atoms with E-state index in [1.165, 1.54) is 29.1 Å². The van der Waals surface area contributed by atoms with Crippen LogP contribution in [0.2, 0.25) is 5.02 Å². The van der Waals surface area contributed by atoms with Crippen molar-refractivity contribution in [2.24, 2.45) is 0 Å². The molecule has 7 nitrogen and oxygen atoms in total. The highest BCUT2D eigenvalue weighted by Gasteiger charge is 2.14. The number of aromatic nitrogens is 4. The highest BCUT2D eigenvalue weighted by atomic mass is 35.5. The van der Waals surface area contributed by atoms with Crippen molar-refractivity contribution in [2.75, 3.05) is 6.26 Å². The van der Waals surface area contributed by atoms with Crippen molar-refractivity contribution in [3.05, 3.63) is 88.3 Å². The summed E-state index contributed by atoms with van der Waals surface area (Å²) in [4.78, 5) is 12.7. The lowest BCUT2D eigenvalue weighted by atomic mass is 10.2. The largest absolute Gasteiger partial charge is 0.287 e. The standard InChI is InChI=1S/C20H15ClN4O3S/c1-29(27,28)17-8-6-15(7-9-17)24-13-11-19(26)20(23-24)18-10-12-22-25(18)16-4-2-14(21)3-5-16/h2-13H,1H3. The van der Waals surface area contributed by atoms with Crippen LogP contribution in [-0.4, -0.2) is 34.2 Å². The fourth-order valence-corrected chi connectivity index (χ4v) is 3.60. The number of hydrogen-bond donors (Lipinski definition) is 0. The van der Waals surface area contributed by atoms with Crippen LogP contribution in [0.25, 0.3) is 22.8 Å². The second-order valence-electron chi connectivity index (χ2n) is 6.34. The zero-order chi connectivity index (χ0) is 20.6. The molecule has 4 aromatic rings. The molecule has 0 spiro atoms. The second-order valence-corrected chi connectivity index (χ2v) is 8.80. The molecule has 0 amide bonds. The summed E-state index contributed by atoms with van der Waals surface area (Å²) in [6.07, 6.45) is 4.27. The normalized spacial score (nSPS) is 11.5. The highest BCUT2D eigenvalue weighted by molar-refractivity contribution is 7.90. The first-order valence-electron chi connectivity index (χ1n) is 8.54. The van der Waals surface area contributed by atoms with Gasteiger partial charge in [-0.25, -0.2) is 17.8 Å². The number of sulfone groups is 1. The Labute approximate surface area is 171 Å². The lowest BCUT2D eigenvalue weighted by Crippen LogP contribution is -2.14. The number of benzene rings is 2. The quantitative estimate of drug-likeness (QED) is 0.500. The lowest BCUT2D eigenvalue weighted by molar-refractivity contribution is 0.602. The predicted octanol–water partition coefficient (Wildman–Crippen LogP) is 3.14. The topological polar surface area (TPSA) is 86.9 Å². The molecule has 0 fully saturated rings. The molecule has 0 N–H and O–H groups in total. The van der Waals surface area contributed by atoms with Gasteiger partial charge in [-0.1, -0.05) is 11.6 Å². The summed E-state index contributed by atoms with van der Waals surface area (Å²) in [7, 11) is -3.29. The van der Waals surface area contributed by atoms with Gasteiger partial charge < -0.3 is 0 Å². The summed E-state index contributed by atoms with van der Waals surface area (Å²) in [6.45, 7) is 0. The van der Waals surface area contributed by atoms with Gasteiger partial charge in [0.2, 0.25) is 5.43 Å². The fraction of sp³-hybridized carbons (Fsp3) is 0.0500. The van der Waals surface area contributed by atoms with Gasteiger partial charge in [-0.05, 0) is 54.6 Å². The number of halogens is 1. The van der Waals surface area contributed by atoms with Crippen LogP contribution in [0, 0.1) is 0 Å². The third-order valence-electron chi connectivity index (χ3n) is 4.29. The first-order chi connectivity index (χ1) is 13.8. The third kappa shape index (κ3) is 3.85. The molecule has 0 bridgehead atoms. The van der Waals surface area contributed by atoms with Crippen molar-refractivity contribution < 1.29 is 8.42 Å². The van der Waals surface area contributed by atoms with Gasteiger partial charge in [-0.3, -0.25) is 4.79 Å². The molecule has 0 unspecified atom stereocenters. The van der Waals surface area contributed by atoms with Gasteiger partial charge in [0.1, 0.15) is 0 Å². The zero-order valence-electron chi connectivity index (χ0n) is 15.2. The van der Waals surface area contributed by atoms with E-state index in [1.54, 1.807) is 53.3 Å². The van der Waals surface area contributed by atoms with Gasteiger partial charge in [0, 0.05) is 23.5 Å². The van der Waals surface area contributed by atoms with E-state index in [9.17, 15) is 13.2 Å². The Balaban J connectivity index is 1.79. The van der Waals surface area contributed by atoms with Crippen LogP contribution in [0.3, 0.4) is 0 Å². The molecule has 146 valence electrons. The SMILES string of the molecule is CS(=O)(=O)c1ccc(-n2ccc(=O)c(-c3ccnn3-c3ccc(Cl)cc3)n2)cc1. The van der Waals surface area contributed by atoms with Gasteiger partial charge in [-0.2, -0.15) is 10.2 Å². The van der Waals surface area contributed by atoms with Crippen LogP contribution in [-0.2, 0) is 9.84 Å². The molecule has 0 aliphatic heterocycles. The third-order valence-corrected chi connectivity index (χ3v) is 5.67. The van der Waals surface area contributed by atoms with Crippen molar-refractivity contribution in [1.29, 1.82) is 0 Å². The summed E-state index contributed by atoms with van der Waals surface area (Å²) in [5.74, 6) is 0. The molecule has 0 radical (unpaired) electrons. The Hall–Kier alpha value is -3.23. The molecule has 0 saturated carbocycles. The van der Waals surface area contributed by atoms with Crippen molar-refractivity contribution in [1.82, 2.24) is 19.6 Å². The fourth-order valence-electron chi connectivity index (χ4n) is 2.85. The minimum absolute atomic E-state index is 0.211. The van der Waals surface area contributed by atoms with E-state index in [-0.39, 0.29) is 16.0 Å². The zero-order valence-corrected chi connectivity index (χ0v) is 16.8. The molecule has 0 aliphatic rings. The Morgan fingerprint density at radius 1 is 0.897 bits per heavy atom. The molecule has 0 atom stereocenters. The molecule has 29 heavy (non-hydrogen) atoms. The molecule has 0 aliphatic carbocycles. The maximum absolute atomic E-state index is 12.5. The van der Waals surface area contributed by atoms with Crippen LogP contribution in [0.1, 0.15) is 0 Å². The Kier molecular flexibility index (Phi) is 4.81. The maximum Gasteiger partial charge on any atom is 0.209 e. The van der Waals surface area contributed by atoms with E-state index in [2.05, 4.69) is 10.2 Å². The Bertz CT molecular complexity index is 1340. The molecule has 9 heteroatoms. The number of hydrogen-bond acceptors (Lipinski definition) is 5. The molecule has 4 rings (SSSR count). The predicted molar refractivity (Wildman–Crippen MR) is 111 cm³/mol. The summed E-state index contributed by atoms with van der Waals surface area (Å²) >= 11 is 5.95. The van der Waals surface area contributed by atoms with E-state index >= 15 is 0 Å². The van der Waals surface area contributed by atoms with Crippen LogP contribution >= 0.6 is 11.6 Å². The summed E-state index contributed by atoms with van der Waals surface area (Å²) in [6, 6.07) is 16.5. The molecule has 2 heterocycles. The van der Waals surface area contributed by atoms with Gasteiger partial charge in [0.25, 0.3) is 0 Å². The van der Waals surface area contributed by atoms with Crippen LogP contribution < -0.4 is 5.43 Å². The molecular formula is C20H15ClN4O3S. The van der Waals surface area contributed by atoms with E-state index in [0.717, 1.165) is 11.9 Å². The molecule has 0 saturated heterocycles. The van der Waals surface area contributed by atoms with E-state index in [1.807, 2.05) is 0 Å². The van der Waals surface area contributed by atoms with Crippen molar-refractivity contribution in [3.63, 3.8) is 0 Å². The van der Waals surface area contributed by atoms with Gasteiger partial charge in [-0.15, -0.1) is 0 Å². The Morgan fingerprint density at radius 3 is 2.21 bits per heavy atom. The number of nitrogens with zero attached hydrogens (tertiary/aromatic N) is 4. The minimum Gasteiger partial charge on any atom is -0.287 e. The van der Waals surface area contributed by atoms with Crippen LogP contribution in [0.15, 0.2) is 82.7 Å². The van der Waals surface area contributed by atoms with Gasteiger partial charge >= 0.3 is 0 Å². The Morgan fingerprint density at radius 2 is 1.55 bits per heavy atom. The minimum atomic E-state index is -3.29. The van der Waals surface area contributed by atoms with Crippen molar-refractivity contribution in [2.45, 2.75) is 4.90 Å². The van der Waals surface area contributed by atoms with Gasteiger partial charge in [0.15, 0.2) is 15.5 Å². The average molecular weight is 427 g/mol. The van der Waals surface area contributed by atoms with Crippen LogP contribution in [0.5, 0.6) is 0 Å².